The van der Waals surface area contributed by atoms with Crippen LogP contribution in [0.15, 0.2) is 18.3 Å². The summed E-state index contributed by atoms with van der Waals surface area (Å²) in [5, 5.41) is 7.15. The summed E-state index contributed by atoms with van der Waals surface area (Å²) in [6, 6.07) is 3.81. The first-order valence-electron chi connectivity index (χ1n) is 3.50. The number of anilines is 1. The van der Waals surface area contributed by atoms with Crippen LogP contribution in [-0.4, -0.2) is 21.6 Å². The van der Waals surface area contributed by atoms with Crippen LogP contribution in [0.2, 0.25) is 5.28 Å². The van der Waals surface area contributed by atoms with E-state index in [1.807, 2.05) is 18.3 Å². The third kappa shape index (κ3) is 1.00. The Morgan fingerprint density at radius 2 is 2.42 bits per heavy atom. The van der Waals surface area contributed by atoms with Gasteiger partial charge in [-0.15, -0.1) is 5.10 Å². The fourth-order valence-corrected chi connectivity index (χ4v) is 1.26. The third-order valence-electron chi connectivity index (χ3n) is 1.60. The smallest absolute Gasteiger partial charge is 0.243 e. The molecule has 2 aromatic rings. The van der Waals surface area contributed by atoms with Crippen molar-refractivity contribution in [1.82, 2.24) is 14.6 Å². The molecule has 0 aliphatic carbocycles. The summed E-state index contributed by atoms with van der Waals surface area (Å²) in [5.74, 6) is 0.736. The number of nitrogens with one attached hydrogen (secondary N) is 1. The number of hydrogen-bond acceptors (Lipinski definition) is 3. The molecule has 2 heterocycles. The van der Waals surface area contributed by atoms with Gasteiger partial charge >= 0.3 is 0 Å². The van der Waals surface area contributed by atoms with E-state index < -0.39 is 0 Å². The second kappa shape index (κ2) is 2.64. The topological polar surface area (TPSA) is 42.2 Å². The van der Waals surface area contributed by atoms with E-state index in [2.05, 4.69) is 15.4 Å². The van der Waals surface area contributed by atoms with Gasteiger partial charge in [-0.05, 0) is 23.7 Å². The zero-order valence-electron chi connectivity index (χ0n) is 6.45. The molecule has 0 aliphatic rings. The lowest BCUT2D eigenvalue weighted by molar-refractivity contribution is 0.906. The van der Waals surface area contributed by atoms with Crippen LogP contribution in [0.4, 0.5) is 5.82 Å². The molecular weight excluding hydrogens is 176 g/mol. The molecule has 2 aromatic heterocycles. The molecule has 0 bridgehead atoms. The Hall–Kier alpha value is -1.29. The van der Waals surface area contributed by atoms with E-state index in [1.54, 1.807) is 11.6 Å². The lowest BCUT2D eigenvalue weighted by atomic mass is 10.5. The Balaban J connectivity index is 2.80. The predicted octanol–water partition coefficient (Wildman–Crippen LogP) is 1.42. The lowest BCUT2D eigenvalue weighted by Crippen LogP contribution is -2.00. The van der Waals surface area contributed by atoms with Crippen LogP contribution in [0.25, 0.3) is 5.52 Å². The highest BCUT2D eigenvalue weighted by Gasteiger charge is 2.02. The fourth-order valence-electron chi connectivity index (χ4n) is 1.09. The molecule has 5 heteroatoms. The summed E-state index contributed by atoms with van der Waals surface area (Å²) >= 11 is 5.68. The van der Waals surface area contributed by atoms with Gasteiger partial charge in [0.15, 0.2) is 5.82 Å². The molecule has 0 amide bonds. The SMILES string of the molecule is CNc1nc(Cl)nn2cccc12. The van der Waals surface area contributed by atoms with Crippen molar-refractivity contribution >= 4 is 22.9 Å². The largest absolute Gasteiger partial charge is 0.371 e. The van der Waals surface area contributed by atoms with Gasteiger partial charge in [-0.1, -0.05) is 0 Å². The standard InChI is InChI=1S/C7H7ClN4/c1-9-6-5-3-2-4-12(5)11-7(8)10-6/h2-4H,1H3,(H,9,10,11). The minimum absolute atomic E-state index is 0.239. The maximum absolute atomic E-state index is 5.68. The fraction of sp³-hybridized carbons (Fsp3) is 0.143. The summed E-state index contributed by atoms with van der Waals surface area (Å²) in [6.07, 6.45) is 1.82. The summed E-state index contributed by atoms with van der Waals surface area (Å²) in [7, 11) is 1.80. The second-order valence-corrected chi connectivity index (χ2v) is 2.66. The van der Waals surface area contributed by atoms with E-state index in [0.29, 0.717) is 0 Å². The highest BCUT2D eigenvalue weighted by molar-refractivity contribution is 6.28. The van der Waals surface area contributed by atoms with Gasteiger partial charge in [0.2, 0.25) is 5.28 Å². The van der Waals surface area contributed by atoms with Crippen LogP contribution in [0.1, 0.15) is 0 Å². The molecule has 12 heavy (non-hydrogen) atoms. The van der Waals surface area contributed by atoms with Crippen molar-refractivity contribution in [1.29, 1.82) is 0 Å². The Morgan fingerprint density at radius 1 is 1.58 bits per heavy atom. The van der Waals surface area contributed by atoms with Gasteiger partial charge in [-0.25, -0.2) is 4.52 Å². The summed E-state index contributed by atoms with van der Waals surface area (Å²) in [6.45, 7) is 0. The monoisotopic (exact) mass is 182 g/mol. The van der Waals surface area contributed by atoms with Crippen LogP contribution >= 0.6 is 11.6 Å². The molecule has 0 radical (unpaired) electrons. The zero-order chi connectivity index (χ0) is 8.55. The molecule has 0 aromatic carbocycles. The van der Waals surface area contributed by atoms with Crippen molar-refractivity contribution in [3.8, 4) is 0 Å². The first-order chi connectivity index (χ1) is 5.81. The van der Waals surface area contributed by atoms with Gasteiger partial charge in [0, 0.05) is 13.2 Å². The van der Waals surface area contributed by atoms with Crippen molar-refractivity contribution in [2.24, 2.45) is 0 Å². The summed E-state index contributed by atoms with van der Waals surface area (Å²) < 4.78 is 1.68. The van der Waals surface area contributed by atoms with E-state index in [-0.39, 0.29) is 5.28 Å². The van der Waals surface area contributed by atoms with Crippen LogP contribution in [-0.2, 0) is 0 Å². The molecule has 0 aliphatic heterocycles. The zero-order valence-corrected chi connectivity index (χ0v) is 7.21. The Kier molecular flexibility index (Phi) is 1.62. The van der Waals surface area contributed by atoms with Gasteiger partial charge in [0.25, 0.3) is 0 Å². The minimum atomic E-state index is 0.239. The summed E-state index contributed by atoms with van der Waals surface area (Å²) in [5.41, 5.74) is 0.918. The van der Waals surface area contributed by atoms with Gasteiger partial charge in [0.05, 0.1) is 0 Å². The van der Waals surface area contributed by atoms with Crippen LogP contribution < -0.4 is 5.32 Å². The van der Waals surface area contributed by atoms with Crippen molar-refractivity contribution in [2.45, 2.75) is 0 Å². The highest BCUT2D eigenvalue weighted by Crippen LogP contribution is 2.14. The first kappa shape index (κ1) is 7.36. The van der Waals surface area contributed by atoms with E-state index >= 15 is 0 Å². The highest BCUT2D eigenvalue weighted by atomic mass is 35.5. The molecule has 0 unspecified atom stereocenters. The van der Waals surface area contributed by atoms with Crippen molar-refractivity contribution < 1.29 is 0 Å². The van der Waals surface area contributed by atoms with E-state index in [9.17, 15) is 0 Å². The normalized spacial score (nSPS) is 10.5. The lowest BCUT2D eigenvalue weighted by Gasteiger charge is -2.01. The van der Waals surface area contributed by atoms with Gasteiger partial charge in [0.1, 0.15) is 5.52 Å². The number of nitrogens with zero attached hydrogens (tertiary/aromatic N) is 3. The molecular formula is C7H7ClN4. The summed E-state index contributed by atoms with van der Waals surface area (Å²) in [4.78, 5) is 4.01. The molecule has 1 N–H and O–H groups in total. The number of hydrogen-bond donors (Lipinski definition) is 1. The molecule has 0 saturated heterocycles. The molecule has 0 atom stereocenters. The third-order valence-corrected chi connectivity index (χ3v) is 1.76. The van der Waals surface area contributed by atoms with Gasteiger partial charge < -0.3 is 5.32 Å². The van der Waals surface area contributed by atoms with Crippen molar-refractivity contribution in [3.05, 3.63) is 23.6 Å². The van der Waals surface area contributed by atoms with E-state index in [1.165, 1.54) is 0 Å². The number of rotatable bonds is 1. The van der Waals surface area contributed by atoms with E-state index in [0.717, 1.165) is 11.3 Å². The number of fused-ring (bicyclic) bond motifs is 1. The van der Waals surface area contributed by atoms with Crippen LogP contribution in [0, 0.1) is 0 Å². The maximum atomic E-state index is 5.68. The van der Waals surface area contributed by atoms with E-state index in [4.69, 9.17) is 11.6 Å². The van der Waals surface area contributed by atoms with Crippen molar-refractivity contribution in [3.63, 3.8) is 0 Å². The quantitative estimate of drug-likeness (QED) is 0.726. The Morgan fingerprint density at radius 3 is 3.17 bits per heavy atom. The van der Waals surface area contributed by atoms with Gasteiger partial charge in [-0.3, -0.25) is 0 Å². The molecule has 4 nitrogen and oxygen atoms in total. The number of aromatic nitrogens is 3. The molecule has 0 fully saturated rings. The predicted molar refractivity (Wildman–Crippen MR) is 47.5 cm³/mol. The van der Waals surface area contributed by atoms with Crippen LogP contribution in [0.5, 0.6) is 0 Å². The Labute approximate surface area is 74.2 Å². The second-order valence-electron chi connectivity index (χ2n) is 2.32. The maximum Gasteiger partial charge on any atom is 0.243 e. The average molecular weight is 183 g/mol. The molecule has 0 spiro atoms. The van der Waals surface area contributed by atoms with Crippen LogP contribution in [0.3, 0.4) is 0 Å². The van der Waals surface area contributed by atoms with Crippen molar-refractivity contribution in [2.75, 3.05) is 12.4 Å². The number of halogens is 1. The molecule has 62 valence electrons. The Bertz CT molecular complexity index is 409. The van der Waals surface area contributed by atoms with Gasteiger partial charge in [-0.2, -0.15) is 4.98 Å². The minimum Gasteiger partial charge on any atom is -0.371 e. The average Bonchev–Trinajstić information content (AvgIpc) is 2.50. The molecule has 0 saturated carbocycles. The first-order valence-corrected chi connectivity index (χ1v) is 3.87. The molecule has 2 rings (SSSR count).